The molecule has 0 radical (unpaired) electrons. The minimum absolute atomic E-state index is 0.000354. The highest BCUT2D eigenvalue weighted by atomic mass is 16.5. The number of ether oxygens (including phenoxy) is 1. The zero-order valence-electron chi connectivity index (χ0n) is 15.0. The second-order valence-electron chi connectivity index (χ2n) is 6.65. The molecule has 0 aromatic carbocycles. The van der Waals surface area contributed by atoms with Crippen LogP contribution in [0.4, 0.5) is 5.95 Å². The second-order valence-corrected chi connectivity index (χ2v) is 6.65. The summed E-state index contributed by atoms with van der Waals surface area (Å²) in [4.78, 5) is 27.9. The highest BCUT2D eigenvalue weighted by Gasteiger charge is 2.23. The summed E-state index contributed by atoms with van der Waals surface area (Å²) in [6.07, 6.45) is 7.10. The predicted octanol–water partition coefficient (Wildman–Crippen LogP) is 1.45. The molecule has 1 fully saturated rings. The fourth-order valence-corrected chi connectivity index (χ4v) is 3.55. The van der Waals surface area contributed by atoms with Gasteiger partial charge in [-0.15, -0.1) is 0 Å². The van der Waals surface area contributed by atoms with Gasteiger partial charge in [0.05, 0.1) is 25.0 Å². The lowest BCUT2D eigenvalue weighted by Gasteiger charge is -2.32. The Morgan fingerprint density at radius 3 is 2.62 bits per heavy atom. The molecule has 3 aromatic heterocycles. The molecule has 136 valence electrons. The van der Waals surface area contributed by atoms with Crippen molar-refractivity contribution in [3.05, 3.63) is 41.2 Å². The number of piperidine rings is 1. The van der Waals surface area contributed by atoms with Crippen molar-refractivity contribution in [3.63, 3.8) is 0 Å². The van der Waals surface area contributed by atoms with Crippen molar-refractivity contribution in [2.24, 2.45) is 13.0 Å². The van der Waals surface area contributed by atoms with Gasteiger partial charge in [0, 0.05) is 32.9 Å². The smallest absolute Gasteiger partial charge is 0.330 e. The standard InChI is InChI=1S/C18H22N6O2/c1-22-15-4-3-7-19-16(15)24(18(22)25)12-13-5-8-23(9-6-13)17-20-10-14(26-2)11-21-17/h3-4,7,10-11,13H,5-6,8-9,12H2,1-2H3. The molecule has 4 heterocycles. The summed E-state index contributed by atoms with van der Waals surface area (Å²) in [6, 6.07) is 3.79. The normalized spacial score (nSPS) is 15.5. The molecule has 4 rings (SSSR count). The van der Waals surface area contributed by atoms with Crippen LogP contribution in [0.5, 0.6) is 5.75 Å². The van der Waals surface area contributed by atoms with Crippen LogP contribution in [-0.4, -0.2) is 44.3 Å². The van der Waals surface area contributed by atoms with E-state index in [0.717, 1.165) is 43.0 Å². The van der Waals surface area contributed by atoms with E-state index in [2.05, 4.69) is 19.9 Å². The largest absolute Gasteiger partial charge is 0.494 e. The average molecular weight is 354 g/mol. The molecule has 0 N–H and O–H groups in total. The lowest BCUT2D eigenvalue weighted by atomic mass is 9.97. The number of pyridine rings is 1. The van der Waals surface area contributed by atoms with Crippen LogP contribution in [0.3, 0.4) is 0 Å². The molecule has 0 aliphatic carbocycles. The number of imidazole rings is 1. The van der Waals surface area contributed by atoms with Crippen LogP contribution in [0.1, 0.15) is 12.8 Å². The van der Waals surface area contributed by atoms with Gasteiger partial charge in [0.2, 0.25) is 5.95 Å². The lowest BCUT2D eigenvalue weighted by Crippen LogP contribution is -2.37. The number of nitrogens with zero attached hydrogens (tertiary/aromatic N) is 6. The maximum absolute atomic E-state index is 12.6. The van der Waals surface area contributed by atoms with Crippen LogP contribution in [0.2, 0.25) is 0 Å². The number of fused-ring (bicyclic) bond motifs is 1. The highest BCUT2D eigenvalue weighted by molar-refractivity contribution is 5.71. The molecule has 1 aliphatic rings. The minimum atomic E-state index is -0.000354. The van der Waals surface area contributed by atoms with Crippen LogP contribution < -0.4 is 15.3 Å². The Bertz CT molecular complexity index is 954. The molecule has 26 heavy (non-hydrogen) atoms. The van der Waals surface area contributed by atoms with Gasteiger partial charge in [-0.05, 0) is 30.9 Å². The first-order valence-corrected chi connectivity index (χ1v) is 8.78. The quantitative estimate of drug-likeness (QED) is 0.706. The fourth-order valence-electron chi connectivity index (χ4n) is 3.55. The van der Waals surface area contributed by atoms with E-state index in [1.165, 1.54) is 0 Å². The summed E-state index contributed by atoms with van der Waals surface area (Å²) in [5, 5.41) is 0. The molecule has 8 nitrogen and oxygen atoms in total. The second kappa shape index (κ2) is 6.78. The van der Waals surface area contributed by atoms with Gasteiger partial charge in [-0.1, -0.05) is 0 Å². The van der Waals surface area contributed by atoms with Crippen molar-refractivity contribution in [2.45, 2.75) is 19.4 Å². The zero-order valence-corrected chi connectivity index (χ0v) is 15.0. The first-order valence-electron chi connectivity index (χ1n) is 8.78. The summed E-state index contributed by atoms with van der Waals surface area (Å²) in [7, 11) is 3.40. The molecule has 3 aromatic rings. The predicted molar refractivity (Wildman–Crippen MR) is 98.5 cm³/mol. The van der Waals surface area contributed by atoms with E-state index in [4.69, 9.17) is 4.74 Å². The number of hydrogen-bond acceptors (Lipinski definition) is 6. The van der Waals surface area contributed by atoms with Crippen molar-refractivity contribution in [2.75, 3.05) is 25.1 Å². The minimum Gasteiger partial charge on any atom is -0.494 e. The molecule has 0 saturated carbocycles. The van der Waals surface area contributed by atoms with Crippen LogP contribution in [0, 0.1) is 5.92 Å². The highest BCUT2D eigenvalue weighted by Crippen LogP contribution is 2.23. The number of hydrogen-bond donors (Lipinski definition) is 0. The van der Waals surface area contributed by atoms with Gasteiger partial charge in [-0.2, -0.15) is 0 Å². The SMILES string of the molecule is COc1cnc(N2CCC(Cn3c(=O)n(C)c4cccnc43)CC2)nc1. The average Bonchev–Trinajstić information content (AvgIpc) is 2.94. The van der Waals surface area contributed by atoms with Crippen molar-refractivity contribution >= 4 is 17.1 Å². The van der Waals surface area contributed by atoms with Crippen molar-refractivity contribution in [1.82, 2.24) is 24.1 Å². The van der Waals surface area contributed by atoms with Crippen molar-refractivity contribution in [1.29, 1.82) is 0 Å². The summed E-state index contributed by atoms with van der Waals surface area (Å²) in [5.74, 6) is 1.83. The lowest BCUT2D eigenvalue weighted by molar-refractivity contribution is 0.352. The van der Waals surface area contributed by atoms with Gasteiger partial charge < -0.3 is 9.64 Å². The first kappa shape index (κ1) is 16.6. The van der Waals surface area contributed by atoms with Gasteiger partial charge >= 0.3 is 5.69 Å². The van der Waals surface area contributed by atoms with E-state index in [9.17, 15) is 4.79 Å². The Morgan fingerprint density at radius 2 is 1.92 bits per heavy atom. The van der Waals surface area contributed by atoms with E-state index in [1.807, 2.05) is 12.1 Å². The molecular formula is C18H22N6O2. The summed E-state index contributed by atoms with van der Waals surface area (Å²) in [5.41, 5.74) is 1.64. The molecule has 0 atom stereocenters. The molecule has 0 amide bonds. The Labute approximate surface area is 151 Å². The van der Waals surface area contributed by atoms with Crippen molar-refractivity contribution in [3.8, 4) is 5.75 Å². The summed E-state index contributed by atoms with van der Waals surface area (Å²) in [6.45, 7) is 2.46. The number of methoxy groups -OCH3 is 1. The molecule has 1 saturated heterocycles. The maximum Gasteiger partial charge on any atom is 0.330 e. The van der Waals surface area contributed by atoms with Crippen LogP contribution in [-0.2, 0) is 13.6 Å². The third kappa shape index (κ3) is 2.91. The van der Waals surface area contributed by atoms with Gasteiger partial charge in [-0.3, -0.25) is 9.13 Å². The Morgan fingerprint density at radius 1 is 1.19 bits per heavy atom. The fraction of sp³-hybridized carbons (Fsp3) is 0.444. The molecule has 0 unspecified atom stereocenters. The maximum atomic E-state index is 12.6. The Hall–Kier alpha value is -2.90. The van der Waals surface area contributed by atoms with Gasteiger partial charge in [0.1, 0.15) is 0 Å². The Kier molecular flexibility index (Phi) is 4.32. The first-order chi connectivity index (χ1) is 12.7. The third-order valence-electron chi connectivity index (χ3n) is 5.09. The van der Waals surface area contributed by atoms with Crippen LogP contribution in [0.25, 0.3) is 11.2 Å². The molecule has 0 bridgehead atoms. The summed E-state index contributed by atoms with van der Waals surface area (Å²) < 4.78 is 8.58. The van der Waals surface area contributed by atoms with Crippen LogP contribution >= 0.6 is 0 Å². The van der Waals surface area contributed by atoms with Gasteiger partial charge in [0.15, 0.2) is 11.4 Å². The molecule has 8 heteroatoms. The van der Waals surface area contributed by atoms with E-state index in [0.29, 0.717) is 18.2 Å². The van der Waals surface area contributed by atoms with Gasteiger partial charge in [0.25, 0.3) is 0 Å². The van der Waals surface area contributed by atoms with E-state index in [-0.39, 0.29) is 5.69 Å². The third-order valence-corrected chi connectivity index (χ3v) is 5.09. The van der Waals surface area contributed by atoms with Crippen LogP contribution in [0.15, 0.2) is 35.5 Å². The molecule has 1 aliphatic heterocycles. The molecule has 0 spiro atoms. The number of aryl methyl sites for hydroxylation is 1. The Balaban J connectivity index is 1.46. The zero-order chi connectivity index (χ0) is 18.1. The number of anilines is 1. The summed E-state index contributed by atoms with van der Waals surface area (Å²) >= 11 is 0. The van der Waals surface area contributed by atoms with E-state index < -0.39 is 0 Å². The number of rotatable bonds is 4. The van der Waals surface area contributed by atoms with Crippen molar-refractivity contribution < 1.29 is 4.74 Å². The number of aromatic nitrogens is 5. The molecular weight excluding hydrogens is 332 g/mol. The van der Waals surface area contributed by atoms with E-state index in [1.54, 1.807) is 41.9 Å². The monoisotopic (exact) mass is 354 g/mol. The van der Waals surface area contributed by atoms with E-state index >= 15 is 0 Å². The topological polar surface area (TPSA) is 78.1 Å². The van der Waals surface area contributed by atoms with Gasteiger partial charge in [-0.25, -0.2) is 19.7 Å².